The summed E-state index contributed by atoms with van der Waals surface area (Å²) in [5.41, 5.74) is 1.23. The number of nitrogens with one attached hydrogen (secondary N) is 1. The van der Waals surface area contributed by atoms with Crippen molar-refractivity contribution in [3.63, 3.8) is 0 Å². The zero-order valence-corrected chi connectivity index (χ0v) is 11.1. The first-order valence-corrected chi connectivity index (χ1v) is 6.79. The van der Waals surface area contributed by atoms with Crippen molar-refractivity contribution < 1.29 is 4.79 Å². The number of benzene rings is 1. The molecule has 0 radical (unpaired) electrons. The molecular weight excluding hydrogens is 258 g/mol. The smallest absolute Gasteiger partial charge is 0.226 e. The largest absolute Gasteiger partial charge is 0.302 e. The number of carbonyl (C=O) groups excluding carboxylic acids is 1. The first-order valence-electron chi connectivity index (χ1n) is 5.97. The van der Waals surface area contributed by atoms with Crippen LogP contribution in [0.3, 0.4) is 0 Å². The van der Waals surface area contributed by atoms with Gasteiger partial charge in [0.2, 0.25) is 5.91 Å². The molecule has 0 saturated carbocycles. The third-order valence-electron chi connectivity index (χ3n) is 2.57. The number of nitriles is 1. The van der Waals surface area contributed by atoms with Crippen molar-refractivity contribution in [3.05, 3.63) is 47.0 Å². The zero-order valence-electron chi connectivity index (χ0n) is 10.3. The molecule has 0 aliphatic carbocycles. The number of aryl methyl sites for hydroxylation is 1. The van der Waals surface area contributed by atoms with Gasteiger partial charge in [0.15, 0.2) is 5.13 Å². The average molecular weight is 271 g/mol. The summed E-state index contributed by atoms with van der Waals surface area (Å²) in [5.74, 6) is -0.0604. The minimum absolute atomic E-state index is 0.0604. The summed E-state index contributed by atoms with van der Waals surface area (Å²) in [6, 6.07) is 12.1. The monoisotopic (exact) mass is 271 g/mol. The molecule has 0 spiro atoms. The van der Waals surface area contributed by atoms with Gasteiger partial charge in [-0.1, -0.05) is 41.7 Å². The maximum atomic E-state index is 11.7. The van der Waals surface area contributed by atoms with Crippen LogP contribution in [0.4, 0.5) is 5.13 Å². The highest BCUT2D eigenvalue weighted by atomic mass is 32.1. The van der Waals surface area contributed by atoms with Crippen LogP contribution in [-0.4, -0.2) is 10.9 Å². The molecule has 5 heteroatoms. The van der Waals surface area contributed by atoms with Gasteiger partial charge in [-0.3, -0.25) is 4.79 Å². The molecule has 0 fully saturated rings. The Morgan fingerprint density at radius 3 is 2.84 bits per heavy atom. The lowest BCUT2D eigenvalue weighted by Crippen LogP contribution is -2.11. The van der Waals surface area contributed by atoms with Gasteiger partial charge >= 0.3 is 0 Å². The van der Waals surface area contributed by atoms with E-state index in [2.05, 4.69) is 22.4 Å². The maximum absolute atomic E-state index is 11.7. The Morgan fingerprint density at radius 1 is 1.37 bits per heavy atom. The van der Waals surface area contributed by atoms with E-state index >= 15 is 0 Å². The van der Waals surface area contributed by atoms with Crippen LogP contribution < -0.4 is 5.32 Å². The summed E-state index contributed by atoms with van der Waals surface area (Å²) in [6.45, 7) is 0. The molecule has 0 unspecified atom stereocenters. The first kappa shape index (κ1) is 13.2. The van der Waals surface area contributed by atoms with Gasteiger partial charge in [-0.25, -0.2) is 4.98 Å². The van der Waals surface area contributed by atoms with Crippen molar-refractivity contribution in [1.82, 2.24) is 4.98 Å². The van der Waals surface area contributed by atoms with E-state index < -0.39 is 0 Å². The molecule has 0 saturated heterocycles. The number of hydrogen-bond donors (Lipinski definition) is 1. The summed E-state index contributed by atoms with van der Waals surface area (Å²) >= 11 is 1.19. The zero-order chi connectivity index (χ0) is 13.5. The number of nitrogens with zero attached hydrogens (tertiary/aromatic N) is 2. The maximum Gasteiger partial charge on any atom is 0.226 e. The first-order chi connectivity index (χ1) is 9.28. The van der Waals surface area contributed by atoms with Gasteiger partial charge in [-0.05, 0) is 18.4 Å². The minimum Gasteiger partial charge on any atom is -0.302 e. The Labute approximate surface area is 115 Å². The molecule has 1 aromatic carbocycles. The second-order valence-corrected chi connectivity index (χ2v) is 5.06. The van der Waals surface area contributed by atoms with Crippen LogP contribution in [0, 0.1) is 11.3 Å². The van der Waals surface area contributed by atoms with Crippen molar-refractivity contribution in [2.45, 2.75) is 19.3 Å². The second kappa shape index (κ2) is 6.66. The van der Waals surface area contributed by atoms with E-state index in [0.717, 1.165) is 12.8 Å². The van der Waals surface area contributed by atoms with E-state index in [9.17, 15) is 4.79 Å². The molecule has 0 aliphatic heterocycles. The van der Waals surface area contributed by atoms with Crippen LogP contribution in [0.2, 0.25) is 0 Å². The Kier molecular flexibility index (Phi) is 4.65. The highest BCUT2D eigenvalue weighted by molar-refractivity contribution is 7.16. The molecule has 96 valence electrons. The molecule has 1 amide bonds. The van der Waals surface area contributed by atoms with Crippen LogP contribution in [0.15, 0.2) is 36.5 Å². The summed E-state index contributed by atoms with van der Waals surface area (Å²) in [7, 11) is 0. The molecule has 19 heavy (non-hydrogen) atoms. The van der Waals surface area contributed by atoms with E-state index in [1.165, 1.54) is 23.1 Å². The molecule has 0 aliphatic rings. The van der Waals surface area contributed by atoms with Crippen molar-refractivity contribution in [2.75, 3.05) is 5.32 Å². The lowest BCUT2D eigenvalue weighted by molar-refractivity contribution is -0.116. The molecule has 2 aromatic rings. The fourth-order valence-electron chi connectivity index (χ4n) is 1.66. The average Bonchev–Trinajstić information content (AvgIpc) is 2.87. The summed E-state index contributed by atoms with van der Waals surface area (Å²) in [6.07, 6.45) is 3.60. The van der Waals surface area contributed by atoms with Gasteiger partial charge in [0.25, 0.3) is 0 Å². The van der Waals surface area contributed by atoms with Gasteiger partial charge in [0.05, 0.1) is 6.20 Å². The second-order valence-electron chi connectivity index (χ2n) is 4.03. The highest BCUT2D eigenvalue weighted by Crippen LogP contribution is 2.17. The minimum atomic E-state index is -0.0604. The molecule has 0 bridgehead atoms. The van der Waals surface area contributed by atoms with E-state index in [0.29, 0.717) is 16.4 Å². The van der Waals surface area contributed by atoms with Crippen molar-refractivity contribution in [3.8, 4) is 6.07 Å². The van der Waals surface area contributed by atoms with Crippen LogP contribution in [0.25, 0.3) is 0 Å². The summed E-state index contributed by atoms with van der Waals surface area (Å²) in [5, 5.41) is 11.8. The number of anilines is 1. The summed E-state index contributed by atoms with van der Waals surface area (Å²) < 4.78 is 0. The SMILES string of the molecule is N#Cc1cnc(NC(=O)CCCc2ccccc2)s1. The number of rotatable bonds is 5. The molecular formula is C14H13N3OS. The number of hydrogen-bond acceptors (Lipinski definition) is 4. The van der Waals surface area contributed by atoms with Crippen LogP contribution in [-0.2, 0) is 11.2 Å². The van der Waals surface area contributed by atoms with E-state index in [4.69, 9.17) is 5.26 Å². The van der Waals surface area contributed by atoms with Crippen LogP contribution in [0.5, 0.6) is 0 Å². The van der Waals surface area contributed by atoms with E-state index in [1.54, 1.807) is 0 Å². The molecule has 2 rings (SSSR count). The third-order valence-corrected chi connectivity index (χ3v) is 3.39. The highest BCUT2D eigenvalue weighted by Gasteiger charge is 2.06. The van der Waals surface area contributed by atoms with E-state index in [1.807, 2.05) is 24.3 Å². The predicted octanol–water partition coefficient (Wildman–Crippen LogP) is 2.98. The normalized spacial score (nSPS) is 9.84. The standard InChI is InChI=1S/C14H13N3OS/c15-9-12-10-16-14(19-12)17-13(18)8-4-7-11-5-2-1-3-6-11/h1-3,5-6,10H,4,7-8H2,(H,16,17,18). The number of thiazole rings is 1. The van der Waals surface area contributed by atoms with Gasteiger partial charge in [0, 0.05) is 6.42 Å². The Hall–Kier alpha value is -2.19. The van der Waals surface area contributed by atoms with E-state index in [-0.39, 0.29) is 5.91 Å². The quantitative estimate of drug-likeness (QED) is 0.909. The van der Waals surface area contributed by atoms with Gasteiger partial charge in [-0.15, -0.1) is 0 Å². The predicted molar refractivity (Wildman–Crippen MR) is 74.8 cm³/mol. The topological polar surface area (TPSA) is 65.8 Å². The van der Waals surface area contributed by atoms with Gasteiger partial charge in [0.1, 0.15) is 10.9 Å². The van der Waals surface area contributed by atoms with Gasteiger partial charge in [-0.2, -0.15) is 5.26 Å². The fraction of sp³-hybridized carbons (Fsp3) is 0.214. The number of amides is 1. The molecule has 1 N–H and O–H groups in total. The molecule has 1 aromatic heterocycles. The van der Waals surface area contributed by atoms with Crippen LogP contribution >= 0.6 is 11.3 Å². The Balaban J connectivity index is 1.74. The fourth-order valence-corrected chi connectivity index (χ4v) is 2.29. The third kappa shape index (κ3) is 4.19. The van der Waals surface area contributed by atoms with Crippen molar-refractivity contribution in [1.29, 1.82) is 5.26 Å². The molecule has 0 atom stereocenters. The van der Waals surface area contributed by atoms with Crippen molar-refractivity contribution in [2.24, 2.45) is 0 Å². The number of aromatic nitrogens is 1. The summed E-state index contributed by atoms with van der Waals surface area (Å²) in [4.78, 5) is 16.1. The lowest BCUT2D eigenvalue weighted by atomic mass is 10.1. The molecule has 1 heterocycles. The van der Waals surface area contributed by atoms with Crippen LogP contribution in [0.1, 0.15) is 23.3 Å². The van der Waals surface area contributed by atoms with Gasteiger partial charge < -0.3 is 5.32 Å². The Bertz CT molecular complexity index is 586. The lowest BCUT2D eigenvalue weighted by Gasteiger charge is -2.02. The molecule has 4 nitrogen and oxygen atoms in total. The number of carbonyl (C=O) groups is 1. The Morgan fingerprint density at radius 2 is 2.16 bits per heavy atom. The van der Waals surface area contributed by atoms with Crippen molar-refractivity contribution >= 4 is 22.4 Å².